The van der Waals surface area contributed by atoms with E-state index in [4.69, 9.17) is 0 Å². The maximum Gasteiger partial charge on any atom is -0.00961 e. The predicted molar refractivity (Wildman–Crippen MR) is 535 cm³/mol. The Morgan fingerprint density at radius 3 is 0.629 bits per heavy atom. The van der Waals surface area contributed by atoms with Crippen molar-refractivity contribution in [1.29, 1.82) is 0 Å². The molecule has 124 heavy (non-hydrogen) atoms. The fourth-order valence-electron chi connectivity index (χ4n) is 18.3. The van der Waals surface area contributed by atoms with Gasteiger partial charge >= 0.3 is 0 Å². The van der Waals surface area contributed by atoms with Crippen molar-refractivity contribution in [3.63, 3.8) is 0 Å². The Balaban J connectivity index is 0.000000113. The number of fused-ring (bicyclic) bond motifs is 8. The molecule has 0 aliphatic heterocycles. The molecule has 0 amide bonds. The second-order valence-corrected chi connectivity index (χ2v) is 32.2. The van der Waals surface area contributed by atoms with E-state index >= 15 is 0 Å². The van der Waals surface area contributed by atoms with Crippen molar-refractivity contribution in [3.05, 3.63) is 508 Å². The van der Waals surface area contributed by atoms with E-state index < -0.39 is 0 Å². The lowest BCUT2D eigenvalue weighted by atomic mass is 9.86. The summed E-state index contributed by atoms with van der Waals surface area (Å²) in [6, 6.07) is 175. The quantitative estimate of drug-likeness (QED) is 0.107. The Labute approximate surface area is 728 Å². The lowest BCUT2D eigenvalue weighted by Gasteiger charge is -2.17. The fraction of sp³-hybridized carbons (Fsp3) is 0.0323. The number of benzene rings is 22. The van der Waals surface area contributed by atoms with Crippen LogP contribution in [0.3, 0.4) is 0 Å². The van der Waals surface area contributed by atoms with Crippen LogP contribution in [0.4, 0.5) is 0 Å². The van der Waals surface area contributed by atoms with Gasteiger partial charge in [0.05, 0.1) is 0 Å². The maximum atomic E-state index is 2.36. The van der Waals surface area contributed by atoms with Gasteiger partial charge in [-0.25, -0.2) is 0 Å². The number of hydrogen-bond acceptors (Lipinski definition) is 0. The van der Waals surface area contributed by atoms with Gasteiger partial charge in [-0.2, -0.15) is 0 Å². The molecule has 0 radical (unpaired) electrons. The van der Waals surface area contributed by atoms with Gasteiger partial charge in [0.1, 0.15) is 0 Å². The minimum atomic E-state index is 1.22. The highest BCUT2D eigenvalue weighted by atomic mass is 14.2. The van der Waals surface area contributed by atoms with Gasteiger partial charge in [-0.15, -0.1) is 0 Å². The van der Waals surface area contributed by atoms with E-state index in [1.807, 2.05) is 0 Å². The zero-order valence-electron chi connectivity index (χ0n) is 70.2. The van der Waals surface area contributed by atoms with Gasteiger partial charge in [0.25, 0.3) is 0 Å². The van der Waals surface area contributed by atoms with Gasteiger partial charge in [-0.05, 0) is 309 Å². The third-order valence-corrected chi connectivity index (χ3v) is 24.7. The maximum absolute atomic E-state index is 2.36. The van der Waals surface area contributed by atoms with Gasteiger partial charge in [-0.1, -0.05) is 425 Å². The zero-order valence-corrected chi connectivity index (χ0v) is 70.2. The van der Waals surface area contributed by atoms with Crippen LogP contribution in [0.5, 0.6) is 0 Å². The minimum absolute atomic E-state index is 1.22. The molecule has 0 saturated heterocycles. The first-order valence-corrected chi connectivity index (χ1v) is 43.0. The highest BCUT2D eigenvalue weighted by Crippen LogP contribution is 2.45. The predicted octanol–water partition coefficient (Wildman–Crippen LogP) is 34.9. The van der Waals surface area contributed by atoms with Crippen LogP contribution in [0.1, 0.15) is 22.3 Å². The van der Waals surface area contributed by atoms with E-state index in [0.29, 0.717) is 0 Å². The summed E-state index contributed by atoms with van der Waals surface area (Å²) in [5.74, 6) is 0. The molecule has 0 heteroatoms. The van der Waals surface area contributed by atoms with Crippen molar-refractivity contribution in [3.8, 4) is 134 Å². The van der Waals surface area contributed by atoms with Crippen LogP contribution < -0.4 is 0 Å². The van der Waals surface area contributed by atoms with Crippen molar-refractivity contribution in [2.24, 2.45) is 0 Å². The summed E-state index contributed by atoms with van der Waals surface area (Å²) in [4.78, 5) is 0. The van der Waals surface area contributed by atoms with Crippen molar-refractivity contribution < 1.29 is 0 Å². The molecule has 22 aromatic carbocycles. The molecule has 22 aromatic rings. The SMILES string of the molecule is Cc1c(-c2cc(-c3ccccc3)cc(-c3ccccc3)c2)cccc1-c1cc(-c2ccccc2)cc(-c2ccccc2)c1.Cc1c(-c2cc3ccccc3c3ccccc23)cccc1-c1cc2ccccc2c2ccccc12.Cc1c(-c2ccc3ccccc3c2)cccc1-c1ccc2ccccc2c1.Cc1c(-c2ccccc2)cccc1-c1ccccc1. The van der Waals surface area contributed by atoms with Crippen LogP contribution in [0.25, 0.3) is 198 Å². The summed E-state index contributed by atoms with van der Waals surface area (Å²) < 4.78 is 0. The molecule has 0 bridgehead atoms. The molecule has 588 valence electrons. The van der Waals surface area contributed by atoms with Crippen LogP contribution in [0, 0.1) is 27.7 Å². The van der Waals surface area contributed by atoms with Crippen LogP contribution in [-0.4, -0.2) is 0 Å². The van der Waals surface area contributed by atoms with E-state index in [0.717, 1.165) is 0 Å². The molecule has 0 N–H and O–H groups in total. The largest absolute Gasteiger partial charge is 0.0622 e. The monoisotopic (exact) mass is 1580 g/mol. The van der Waals surface area contributed by atoms with Gasteiger partial charge in [0, 0.05) is 0 Å². The standard InChI is InChI=1S/C43H32.C35H24.C27H20.C19H16/c1-31-42(40-27-36(32-15-6-2-7-16-32)25-37(28-40)33-17-8-3-9-18-33)23-14-24-43(31)41-29-38(34-19-10-4-11-20-34)26-39(30-41)35-21-12-5-13-22-35;1-23-26(34-21-24-11-2-4-13-28(24)30-15-6-8-17-32(30)34)19-10-20-27(23)35-22-25-12-3-5-14-29(25)31-16-7-9-18-33(31)35;1-19-26(24-15-13-20-7-2-4-9-22(20)17-24)11-6-12-27(19)25-16-14-21-8-3-5-10-23(21)18-25;1-15-18(16-9-4-2-5-10-16)13-8-14-19(15)17-11-6-3-7-12-17/h2-30H,1H3;2-22H,1H3;2-18H,1H3;2-14H,1H3. The molecule has 0 aromatic heterocycles. The first-order chi connectivity index (χ1) is 61.2. The molecule has 0 fully saturated rings. The average Bonchev–Trinajstić information content (AvgIpc) is 0.745. The molecule has 0 atom stereocenters. The third-order valence-electron chi connectivity index (χ3n) is 24.7. The smallest absolute Gasteiger partial charge is 0.00961 e. The molecule has 0 unspecified atom stereocenters. The second kappa shape index (κ2) is 35.8. The zero-order chi connectivity index (χ0) is 83.7. The van der Waals surface area contributed by atoms with E-state index in [-0.39, 0.29) is 0 Å². The summed E-state index contributed by atoms with van der Waals surface area (Å²) in [5, 5.41) is 15.5. The van der Waals surface area contributed by atoms with Crippen LogP contribution in [-0.2, 0) is 0 Å². The lowest BCUT2D eigenvalue weighted by Crippen LogP contribution is -1.92. The van der Waals surface area contributed by atoms with Gasteiger partial charge in [0.2, 0.25) is 0 Å². The first-order valence-electron chi connectivity index (χ1n) is 43.0. The number of rotatable bonds is 12. The van der Waals surface area contributed by atoms with Crippen molar-refractivity contribution in [2.75, 3.05) is 0 Å². The Morgan fingerprint density at radius 2 is 0.315 bits per heavy atom. The molecule has 0 spiro atoms. The molecule has 22 rings (SSSR count). The third kappa shape index (κ3) is 16.4. The molecule has 0 heterocycles. The highest BCUT2D eigenvalue weighted by molar-refractivity contribution is 6.16. The fourth-order valence-corrected chi connectivity index (χ4v) is 18.3. The van der Waals surface area contributed by atoms with E-state index in [9.17, 15) is 0 Å². The van der Waals surface area contributed by atoms with E-state index in [1.165, 1.54) is 220 Å². The summed E-state index contributed by atoms with van der Waals surface area (Å²) in [5.41, 5.74) is 35.4. The topological polar surface area (TPSA) is 0 Å². The second-order valence-electron chi connectivity index (χ2n) is 32.2. The highest BCUT2D eigenvalue weighted by Gasteiger charge is 2.20. The number of hydrogen-bond donors (Lipinski definition) is 0. The molecule has 0 nitrogen and oxygen atoms in total. The summed E-state index contributed by atoms with van der Waals surface area (Å²) in [6.07, 6.45) is 0. The van der Waals surface area contributed by atoms with Crippen LogP contribution >= 0.6 is 0 Å². The molecule has 0 aliphatic carbocycles. The van der Waals surface area contributed by atoms with Gasteiger partial charge in [-0.3, -0.25) is 0 Å². The van der Waals surface area contributed by atoms with Crippen molar-refractivity contribution in [2.45, 2.75) is 27.7 Å². The molecular formula is C124H92. The normalized spacial score (nSPS) is 11.1. The van der Waals surface area contributed by atoms with Crippen molar-refractivity contribution >= 4 is 64.6 Å². The summed E-state index contributed by atoms with van der Waals surface area (Å²) in [6.45, 7) is 8.97. The van der Waals surface area contributed by atoms with Crippen molar-refractivity contribution in [1.82, 2.24) is 0 Å². The Morgan fingerprint density at radius 1 is 0.0968 bits per heavy atom. The molecule has 0 saturated carbocycles. The Hall–Kier alpha value is -15.6. The summed E-state index contributed by atoms with van der Waals surface area (Å²) >= 11 is 0. The van der Waals surface area contributed by atoms with E-state index in [1.54, 1.807) is 0 Å². The van der Waals surface area contributed by atoms with Crippen LogP contribution in [0.2, 0.25) is 0 Å². The van der Waals surface area contributed by atoms with Gasteiger partial charge < -0.3 is 0 Å². The average molecular weight is 1580 g/mol. The lowest BCUT2D eigenvalue weighted by molar-refractivity contribution is 1.44. The molecular weight excluding hydrogens is 1490 g/mol. The summed E-state index contributed by atoms with van der Waals surface area (Å²) in [7, 11) is 0. The molecule has 0 aliphatic rings. The van der Waals surface area contributed by atoms with Gasteiger partial charge in [0.15, 0.2) is 0 Å². The minimum Gasteiger partial charge on any atom is -0.0622 e. The van der Waals surface area contributed by atoms with Crippen LogP contribution in [0.15, 0.2) is 485 Å². The first kappa shape index (κ1) is 78.3. The Kier molecular flexibility index (Phi) is 22.6. The van der Waals surface area contributed by atoms with E-state index in [2.05, 4.69) is 513 Å². The Bertz CT molecular complexity index is 7040.